The Labute approximate surface area is 493 Å². The molecule has 27 nitrogen and oxygen atoms in total. The summed E-state index contributed by atoms with van der Waals surface area (Å²) in [7, 11) is 1.40. The normalized spacial score (nSPS) is 21.2. The van der Waals surface area contributed by atoms with Crippen molar-refractivity contribution < 1.29 is 84.8 Å². The minimum Gasteiger partial charge on any atom is -0.493 e. The number of rotatable bonds is 21. The lowest BCUT2D eigenvalue weighted by molar-refractivity contribution is -0.277. The molecule has 4 aromatic carbocycles. The van der Waals surface area contributed by atoms with Gasteiger partial charge in [-0.1, -0.05) is 6.92 Å². The zero-order chi connectivity index (χ0) is 60.6. The Morgan fingerprint density at radius 3 is 1.80 bits per heavy atom. The Balaban J connectivity index is 0.895. The molecule has 86 heavy (non-hydrogen) atoms. The number of benzene rings is 4. The molecule has 7 atom stereocenters. The molecule has 7 heterocycles. The van der Waals surface area contributed by atoms with Crippen molar-refractivity contribution in [2.45, 2.75) is 95.3 Å². The Kier molecular flexibility index (Phi) is 17.0. The van der Waals surface area contributed by atoms with Gasteiger partial charge in [0, 0.05) is 81.6 Å². The highest BCUT2D eigenvalue weighted by atomic mass is 32.3. The predicted octanol–water partition coefficient (Wildman–Crippen LogP) is 2.93. The minimum absolute atomic E-state index is 0.102. The smallest absolute Gasteiger partial charge is 0.493 e. The summed E-state index contributed by atoms with van der Waals surface area (Å²) >= 11 is 0. The van der Waals surface area contributed by atoms with Crippen LogP contribution < -0.4 is 37.4 Å². The molecule has 5 aliphatic rings. The summed E-state index contributed by atoms with van der Waals surface area (Å²) in [5, 5.41) is 44.3. The number of carbonyl (C=O) groups excluding carboxylic acids is 3. The molecule has 1 unspecified atom stereocenters. The second-order valence-electron chi connectivity index (χ2n) is 21.0. The zero-order valence-corrected chi connectivity index (χ0v) is 48.2. The van der Waals surface area contributed by atoms with Crippen LogP contribution in [0.5, 0.6) is 40.2 Å². The average molecular weight is 1210 g/mol. The molecule has 2 aromatic heterocycles. The van der Waals surface area contributed by atoms with Crippen LogP contribution in [0.15, 0.2) is 83.3 Å². The number of methoxy groups -OCH3 is 2. The lowest BCUT2D eigenvalue weighted by atomic mass is 9.99. The SMILES string of the molecule is CCCOCCNC(=O)c1ccc(OC2O[C@H](CO)[C@H](O)[C@H](O)[C@H]2O)c(OS(=O)(=O)Oc2cc(COc3cc4c(cc3OC)C(=O)N3Cc5ncn(C)c5C[C@H]3C=N4)cc(COc3cc4c(cc3OC)C(=O)N3Cc5ncn(C)c5C[C@H]3C=N4)c2)c1. The number of nitrogens with zero attached hydrogens (tertiary/aromatic N) is 8. The van der Waals surface area contributed by atoms with Crippen LogP contribution in [0.25, 0.3) is 0 Å². The molecule has 0 saturated carbocycles. The van der Waals surface area contributed by atoms with Crippen molar-refractivity contribution in [3.05, 3.63) is 124 Å². The number of aliphatic imine (C=N–C) groups is 2. The van der Waals surface area contributed by atoms with Gasteiger partial charge in [-0.2, -0.15) is 0 Å². The number of fused-ring (bicyclic) bond motifs is 6. The Bertz CT molecular complexity index is 3590. The molecule has 0 spiro atoms. The molecule has 1 saturated heterocycles. The summed E-state index contributed by atoms with van der Waals surface area (Å²) in [5.74, 6) is -1.83. The van der Waals surface area contributed by atoms with Gasteiger partial charge in [-0.15, -0.1) is 8.42 Å². The number of carbonyl (C=O) groups is 3. The van der Waals surface area contributed by atoms with E-state index < -0.39 is 65.1 Å². The third-order valence-corrected chi connectivity index (χ3v) is 16.0. The van der Waals surface area contributed by atoms with Crippen LogP contribution in [0, 0.1) is 0 Å². The summed E-state index contributed by atoms with van der Waals surface area (Å²) in [4.78, 5) is 63.6. The summed E-state index contributed by atoms with van der Waals surface area (Å²) in [6.45, 7) is 1.94. The maximum atomic E-state index is 14.3. The standard InChI is InChI=1S/C58H63N9O18S/c1-6-10-79-11-9-59-55(72)33-7-8-45(82-58-54(71)53(70)52(69)51(26-68)83-58)50(15-33)85-86(75,76)84-36-13-31(27-80-48-20-39-37(18-46(48)77-4)56(73)66-24-41-43(64(2)29-62-41)16-34(66)22-60-39)12-32(14-36)28-81-49-21-40-38(19-47(49)78-5)57(74)67-25-42-44(65(3)30-63-42)17-35(67)23-61-40/h7-8,12-15,18-23,29-30,34-35,51-54,58,68-71H,6,9-11,16-17,24-28H2,1-5H3,(H,59,72)/t34-,35-,51+,52-,53-,54+,58?/m0/s1. The molecule has 454 valence electrons. The van der Waals surface area contributed by atoms with Gasteiger partial charge < -0.3 is 86.2 Å². The molecule has 11 rings (SSSR count). The van der Waals surface area contributed by atoms with Crippen LogP contribution in [0.1, 0.15) is 78.3 Å². The van der Waals surface area contributed by atoms with E-state index in [-0.39, 0.29) is 109 Å². The molecule has 28 heteroatoms. The monoisotopic (exact) mass is 1210 g/mol. The van der Waals surface area contributed by atoms with Gasteiger partial charge >= 0.3 is 10.4 Å². The van der Waals surface area contributed by atoms with Crippen molar-refractivity contribution in [2.24, 2.45) is 24.1 Å². The van der Waals surface area contributed by atoms with Crippen molar-refractivity contribution >= 4 is 51.9 Å². The van der Waals surface area contributed by atoms with Gasteiger partial charge in [-0.25, -0.2) is 9.97 Å². The predicted molar refractivity (Wildman–Crippen MR) is 303 cm³/mol. The first-order valence-corrected chi connectivity index (χ1v) is 28.9. The molecular formula is C58H63N9O18S. The van der Waals surface area contributed by atoms with Crippen molar-refractivity contribution in [1.29, 1.82) is 0 Å². The van der Waals surface area contributed by atoms with E-state index in [4.69, 9.17) is 51.5 Å². The van der Waals surface area contributed by atoms with Gasteiger partial charge in [-0.05, 0) is 66.1 Å². The highest BCUT2D eigenvalue weighted by Crippen LogP contribution is 2.42. The number of aromatic nitrogens is 4. The van der Waals surface area contributed by atoms with Crippen LogP contribution in [-0.4, -0.2) is 171 Å². The maximum absolute atomic E-state index is 14.3. The zero-order valence-electron chi connectivity index (χ0n) is 47.4. The number of ether oxygens (including phenoxy) is 7. The molecule has 0 bridgehead atoms. The molecule has 0 aliphatic carbocycles. The van der Waals surface area contributed by atoms with E-state index in [9.17, 15) is 43.2 Å². The number of imidazole rings is 2. The van der Waals surface area contributed by atoms with Crippen LogP contribution in [0.4, 0.5) is 11.4 Å². The van der Waals surface area contributed by atoms with Gasteiger partial charge in [0.05, 0.1) is 99.2 Å². The first kappa shape index (κ1) is 59.1. The number of amides is 3. The number of hydrogen-bond acceptors (Lipinski definition) is 22. The van der Waals surface area contributed by atoms with Gasteiger partial charge in [-0.3, -0.25) is 24.4 Å². The second-order valence-corrected chi connectivity index (χ2v) is 22.1. The third kappa shape index (κ3) is 12.1. The molecule has 6 aromatic rings. The van der Waals surface area contributed by atoms with E-state index in [0.29, 0.717) is 42.0 Å². The van der Waals surface area contributed by atoms with Gasteiger partial charge in [0.2, 0.25) is 6.29 Å². The van der Waals surface area contributed by atoms with E-state index in [2.05, 4.69) is 15.3 Å². The van der Waals surface area contributed by atoms with E-state index >= 15 is 0 Å². The summed E-state index contributed by atoms with van der Waals surface area (Å²) in [6.07, 6.45) is -0.0434. The van der Waals surface area contributed by atoms with E-state index in [0.717, 1.165) is 41.3 Å². The number of aliphatic hydroxyl groups is 4. The molecule has 5 N–H and O–H groups in total. The molecule has 3 amide bonds. The fourth-order valence-corrected chi connectivity index (χ4v) is 11.4. The van der Waals surface area contributed by atoms with Gasteiger partial charge in [0.15, 0.2) is 34.5 Å². The van der Waals surface area contributed by atoms with Gasteiger partial charge in [0.25, 0.3) is 17.7 Å². The van der Waals surface area contributed by atoms with Crippen molar-refractivity contribution in [1.82, 2.24) is 34.2 Å². The Morgan fingerprint density at radius 2 is 1.27 bits per heavy atom. The fourth-order valence-electron chi connectivity index (χ4n) is 10.7. The maximum Gasteiger partial charge on any atom is 0.501 e. The molecule has 1 fully saturated rings. The summed E-state index contributed by atoms with van der Waals surface area (Å²) in [6, 6.07) is 13.4. The van der Waals surface area contributed by atoms with Crippen molar-refractivity contribution in [3.8, 4) is 40.2 Å². The Morgan fingerprint density at radius 1 is 0.698 bits per heavy atom. The average Bonchev–Trinajstić information content (AvgIpc) is 2.14. The Hall–Kier alpha value is -8.64. The number of aliphatic hydroxyl groups excluding tert-OH is 4. The third-order valence-electron chi connectivity index (χ3n) is 15.2. The second kappa shape index (κ2) is 24.8. The highest BCUT2D eigenvalue weighted by Gasteiger charge is 2.45. The van der Waals surface area contributed by atoms with E-state index in [1.807, 2.05) is 30.2 Å². The number of aryl methyl sites for hydroxylation is 2. The molecule has 5 aliphatic heterocycles. The lowest BCUT2D eigenvalue weighted by Gasteiger charge is -2.39. The summed E-state index contributed by atoms with van der Waals surface area (Å²) in [5.41, 5.74) is 5.33. The van der Waals surface area contributed by atoms with Crippen molar-refractivity contribution in [3.63, 3.8) is 0 Å². The topological polar surface area (TPSA) is 328 Å². The number of hydrogen-bond donors (Lipinski definition) is 5. The highest BCUT2D eigenvalue weighted by molar-refractivity contribution is 7.82. The van der Waals surface area contributed by atoms with E-state index in [1.54, 1.807) is 65.2 Å². The van der Waals surface area contributed by atoms with Gasteiger partial charge in [0.1, 0.15) is 43.4 Å². The van der Waals surface area contributed by atoms with Crippen LogP contribution >= 0.6 is 0 Å². The lowest BCUT2D eigenvalue weighted by Crippen LogP contribution is -2.60. The number of nitrogens with one attached hydrogen (secondary N) is 1. The molecule has 0 radical (unpaired) electrons. The molecular weight excluding hydrogens is 1140 g/mol. The first-order chi connectivity index (χ1) is 41.4. The van der Waals surface area contributed by atoms with E-state index in [1.165, 1.54) is 32.4 Å². The largest absolute Gasteiger partial charge is 0.501 e. The first-order valence-electron chi connectivity index (χ1n) is 27.5. The quantitative estimate of drug-likeness (QED) is 0.0647. The van der Waals surface area contributed by atoms with Crippen LogP contribution in [0.3, 0.4) is 0 Å². The minimum atomic E-state index is -5.25. The van der Waals surface area contributed by atoms with Crippen molar-refractivity contribution in [2.75, 3.05) is 40.6 Å². The fraction of sp³-hybridized carbons (Fsp3) is 0.397. The van der Waals surface area contributed by atoms with Crippen LogP contribution in [-0.2, 0) is 73.1 Å². The summed E-state index contributed by atoms with van der Waals surface area (Å²) < 4.78 is 84.7. The van der Waals surface area contributed by atoms with Crippen LogP contribution in [0.2, 0.25) is 0 Å².